The largest absolute Gasteiger partial charge is 0.313 e. The van der Waals surface area contributed by atoms with E-state index in [4.69, 9.17) is 0 Å². The van der Waals surface area contributed by atoms with E-state index in [1.807, 2.05) is 12.1 Å². The summed E-state index contributed by atoms with van der Waals surface area (Å²) in [5.41, 5.74) is 3.80. The summed E-state index contributed by atoms with van der Waals surface area (Å²) in [6, 6.07) is 13.7. The highest BCUT2D eigenvalue weighted by Gasteiger charge is 2.15. The number of amides is 1. The molecule has 0 fully saturated rings. The molecule has 0 unspecified atom stereocenters. The number of nitrogens with one attached hydrogen (secondary N) is 1. The third-order valence-electron chi connectivity index (χ3n) is 3.74. The molecule has 3 aromatic rings. The zero-order valence-electron chi connectivity index (χ0n) is 13.0. The van der Waals surface area contributed by atoms with Crippen molar-refractivity contribution in [2.45, 2.75) is 13.3 Å². The van der Waals surface area contributed by atoms with Gasteiger partial charge in [-0.25, -0.2) is 4.39 Å². The van der Waals surface area contributed by atoms with Crippen molar-refractivity contribution in [3.63, 3.8) is 0 Å². The minimum absolute atomic E-state index is 0.228. The van der Waals surface area contributed by atoms with Gasteiger partial charge in [-0.2, -0.15) is 0 Å². The highest BCUT2D eigenvalue weighted by atomic mass is 79.9. The fourth-order valence-corrected chi connectivity index (χ4v) is 3.81. The summed E-state index contributed by atoms with van der Waals surface area (Å²) in [5, 5.41) is 5.84. The van der Waals surface area contributed by atoms with Gasteiger partial charge in [0.15, 0.2) is 0 Å². The smallest absolute Gasteiger partial charge is 0.256 e. The topological polar surface area (TPSA) is 29.1 Å². The highest BCUT2D eigenvalue weighted by Crippen LogP contribution is 2.36. The van der Waals surface area contributed by atoms with Crippen LogP contribution in [0.25, 0.3) is 11.1 Å². The summed E-state index contributed by atoms with van der Waals surface area (Å²) >= 11 is 4.95. The number of carbonyl (C=O) groups excluding carboxylic acids is 1. The van der Waals surface area contributed by atoms with E-state index in [2.05, 4.69) is 45.7 Å². The van der Waals surface area contributed by atoms with Gasteiger partial charge in [0.1, 0.15) is 5.82 Å². The molecule has 0 saturated heterocycles. The molecule has 1 N–H and O–H groups in total. The summed E-state index contributed by atoms with van der Waals surface area (Å²) in [7, 11) is 0. The maximum absolute atomic E-state index is 13.0. The first-order valence-corrected chi connectivity index (χ1v) is 9.19. The minimum atomic E-state index is -0.352. The first-order valence-electron chi connectivity index (χ1n) is 7.51. The first-order chi connectivity index (χ1) is 11.6. The Bertz CT molecular complexity index is 856. The van der Waals surface area contributed by atoms with Gasteiger partial charge >= 0.3 is 0 Å². The van der Waals surface area contributed by atoms with Crippen LogP contribution in [0.3, 0.4) is 0 Å². The van der Waals surface area contributed by atoms with E-state index in [-0.39, 0.29) is 11.7 Å². The van der Waals surface area contributed by atoms with Crippen LogP contribution in [0.5, 0.6) is 0 Å². The fraction of sp³-hybridized carbons (Fsp3) is 0.105. The lowest BCUT2D eigenvalue weighted by Crippen LogP contribution is -2.12. The summed E-state index contributed by atoms with van der Waals surface area (Å²) in [6.45, 7) is 2.07. The highest BCUT2D eigenvalue weighted by molar-refractivity contribution is 9.10. The summed E-state index contributed by atoms with van der Waals surface area (Å²) in [5.74, 6) is -0.580. The third kappa shape index (κ3) is 3.57. The Kier molecular flexibility index (Phi) is 5.11. The maximum Gasteiger partial charge on any atom is 0.256 e. The Labute approximate surface area is 152 Å². The van der Waals surface area contributed by atoms with E-state index in [0.29, 0.717) is 5.56 Å². The molecule has 1 aromatic heterocycles. The Morgan fingerprint density at radius 3 is 2.42 bits per heavy atom. The van der Waals surface area contributed by atoms with Crippen molar-refractivity contribution >= 4 is 38.2 Å². The third-order valence-corrected chi connectivity index (χ3v) is 5.20. The molecule has 2 aromatic carbocycles. The lowest BCUT2D eigenvalue weighted by molar-refractivity contribution is 0.102. The number of thiophene rings is 1. The van der Waals surface area contributed by atoms with Gasteiger partial charge in [-0.1, -0.05) is 35.0 Å². The molecule has 0 aliphatic rings. The summed E-state index contributed by atoms with van der Waals surface area (Å²) < 4.78 is 14.0. The lowest BCUT2D eigenvalue weighted by Gasteiger charge is -2.08. The molecule has 0 saturated carbocycles. The molecule has 0 radical (unpaired) electrons. The van der Waals surface area contributed by atoms with E-state index in [9.17, 15) is 9.18 Å². The number of hydrogen-bond acceptors (Lipinski definition) is 2. The van der Waals surface area contributed by atoms with Gasteiger partial charge in [-0.05, 0) is 59.5 Å². The molecule has 3 rings (SSSR count). The van der Waals surface area contributed by atoms with Gasteiger partial charge in [-0.15, -0.1) is 11.3 Å². The number of carbonyl (C=O) groups is 1. The Hall–Kier alpha value is -1.98. The van der Waals surface area contributed by atoms with Gasteiger partial charge in [0.05, 0.1) is 5.00 Å². The van der Waals surface area contributed by atoms with E-state index < -0.39 is 0 Å². The van der Waals surface area contributed by atoms with Crippen molar-refractivity contribution in [3.8, 4) is 11.1 Å². The quantitative estimate of drug-likeness (QED) is 0.557. The first kappa shape index (κ1) is 16.9. The molecule has 0 aliphatic heterocycles. The minimum Gasteiger partial charge on any atom is -0.313 e. The van der Waals surface area contributed by atoms with Crippen LogP contribution in [-0.2, 0) is 6.42 Å². The van der Waals surface area contributed by atoms with Crippen LogP contribution >= 0.6 is 27.3 Å². The average Bonchev–Trinajstić information content (AvgIpc) is 2.98. The van der Waals surface area contributed by atoms with E-state index in [1.165, 1.54) is 35.6 Å². The van der Waals surface area contributed by atoms with Gasteiger partial charge < -0.3 is 5.32 Å². The van der Waals surface area contributed by atoms with Crippen LogP contribution in [0.2, 0.25) is 0 Å². The van der Waals surface area contributed by atoms with E-state index in [0.717, 1.165) is 32.6 Å². The molecule has 1 heterocycles. The Balaban J connectivity index is 1.88. The molecule has 2 nitrogen and oxygen atoms in total. The number of benzene rings is 2. The summed E-state index contributed by atoms with van der Waals surface area (Å²) in [6.07, 6.45) is 0.813. The molecule has 1 amide bonds. The molecular weight excluding hydrogens is 389 g/mol. The second kappa shape index (κ2) is 7.28. The van der Waals surface area contributed by atoms with Gasteiger partial charge in [0, 0.05) is 15.4 Å². The molecule has 0 aliphatic carbocycles. The molecule has 0 bridgehead atoms. The average molecular weight is 404 g/mol. The normalized spacial score (nSPS) is 10.6. The second-order valence-corrected chi connectivity index (χ2v) is 7.07. The predicted molar refractivity (Wildman–Crippen MR) is 101 cm³/mol. The van der Waals surface area contributed by atoms with E-state index >= 15 is 0 Å². The molecular formula is C19H15BrFNOS. The number of hydrogen-bond donors (Lipinski definition) is 1. The van der Waals surface area contributed by atoms with Crippen molar-refractivity contribution in [3.05, 3.63) is 75.3 Å². The number of halogens is 2. The van der Waals surface area contributed by atoms with Crippen molar-refractivity contribution in [1.82, 2.24) is 0 Å². The molecule has 0 atom stereocenters. The standard InChI is InChI=1S/C19H15BrFNOS/c1-2-16-17(12-3-7-14(20)8-4-12)11-24-19(16)22-18(23)13-5-9-15(21)10-6-13/h3-11H,2H2,1H3,(H,22,23). The number of rotatable bonds is 4. The van der Waals surface area contributed by atoms with Crippen LogP contribution in [0.1, 0.15) is 22.8 Å². The van der Waals surface area contributed by atoms with Crippen molar-refractivity contribution < 1.29 is 9.18 Å². The summed E-state index contributed by atoms with van der Waals surface area (Å²) in [4.78, 5) is 12.4. The number of anilines is 1. The molecule has 0 spiro atoms. The van der Waals surface area contributed by atoms with Crippen LogP contribution in [0.4, 0.5) is 9.39 Å². The monoisotopic (exact) mass is 403 g/mol. The van der Waals surface area contributed by atoms with Crippen molar-refractivity contribution in [2.24, 2.45) is 0 Å². The van der Waals surface area contributed by atoms with Crippen LogP contribution in [0, 0.1) is 5.82 Å². The van der Waals surface area contributed by atoms with Crippen molar-refractivity contribution in [1.29, 1.82) is 0 Å². The van der Waals surface area contributed by atoms with Gasteiger partial charge in [-0.3, -0.25) is 4.79 Å². The second-order valence-electron chi connectivity index (χ2n) is 5.28. The van der Waals surface area contributed by atoms with Crippen LogP contribution in [-0.4, -0.2) is 5.91 Å². The van der Waals surface area contributed by atoms with Gasteiger partial charge in [0.2, 0.25) is 0 Å². The zero-order valence-corrected chi connectivity index (χ0v) is 15.4. The zero-order chi connectivity index (χ0) is 17.1. The van der Waals surface area contributed by atoms with Crippen LogP contribution < -0.4 is 5.32 Å². The Morgan fingerprint density at radius 1 is 1.12 bits per heavy atom. The molecule has 122 valence electrons. The lowest BCUT2D eigenvalue weighted by atomic mass is 10.0. The fourth-order valence-electron chi connectivity index (χ4n) is 2.49. The predicted octanol–water partition coefficient (Wildman–Crippen LogP) is 6.13. The van der Waals surface area contributed by atoms with Crippen molar-refractivity contribution in [2.75, 3.05) is 5.32 Å². The van der Waals surface area contributed by atoms with Crippen LogP contribution in [0.15, 0.2) is 58.4 Å². The maximum atomic E-state index is 13.0. The molecule has 24 heavy (non-hydrogen) atoms. The Morgan fingerprint density at radius 2 is 1.79 bits per heavy atom. The SMILES string of the molecule is CCc1c(-c2ccc(Br)cc2)csc1NC(=O)c1ccc(F)cc1. The van der Waals surface area contributed by atoms with E-state index in [1.54, 1.807) is 0 Å². The van der Waals surface area contributed by atoms with Gasteiger partial charge in [0.25, 0.3) is 5.91 Å². The molecule has 5 heteroatoms.